The number of ether oxygens (including phenoxy) is 1. The number of benzene rings is 2. The SMILES string of the molecule is CCOC(=O)c1ccc(N2C(=O)CC(N(Cc3ccccc3Cl)S(=O)(=O)c3cccs3)C2=O)cc1. The van der Waals surface area contributed by atoms with E-state index in [1.165, 1.54) is 30.3 Å². The van der Waals surface area contributed by atoms with Crippen molar-refractivity contribution >= 4 is 56.4 Å². The minimum atomic E-state index is -4.11. The molecule has 1 unspecified atom stereocenters. The fourth-order valence-electron chi connectivity index (χ4n) is 3.76. The third-order valence-corrected chi connectivity index (χ3v) is 9.05. The van der Waals surface area contributed by atoms with E-state index in [4.69, 9.17) is 16.3 Å². The lowest BCUT2D eigenvalue weighted by atomic mass is 10.2. The molecule has 4 rings (SSSR count). The van der Waals surface area contributed by atoms with Crippen LogP contribution in [0.2, 0.25) is 5.02 Å². The molecule has 0 spiro atoms. The molecule has 1 saturated heterocycles. The summed E-state index contributed by atoms with van der Waals surface area (Å²) in [6.07, 6.45) is -0.326. The third kappa shape index (κ3) is 5.01. The van der Waals surface area contributed by atoms with E-state index in [1.54, 1.807) is 42.6 Å². The molecule has 2 aromatic carbocycles. The number of sulfonamides is 1. The molecule has 0 radical (unpaired) electrons. The van der Waals surface area contributed by atoms with E-state index >= 15 is 0 Å². The highest BCUT2D eigenvalue weighted by molar-refractivity contribution is 7.91. The molecule has 1 aromatic heterocycles. The van der Waals surface area contributed by atoms with Gasteiger partial charge in [-0.25, -0.2) is 18.1 Å². The van der Waals surface area contributed by atoms with Crippen LogP contribution < -0.4 is 4.90 Å². The molecule has 1 atom stereocenters. The maximum atomic E-state index is 13.5. The highest BCUT2D eigenvalue weighted by Crippen LogP contribution is 2.33. The molecule has 182 valence electrons. The van der Waals surface area contributed by atoms with Gasteiger partial charge in [-0.3, -0.25) is 9.59 Å². The van der Waals surface area contributed by atoms with Gasteiger partial charge in [-0.2, -0.15) is 4.31 Å². The average molecular weight is 533 g/mol. The fraction of sp³-hybridized carbons (Fsp3) is 0.208. The first-order chi connectivity index (χ1) is 16.7. The Morgan fingerprint density at radius 3 is 2.46 bits per heavy atom. The van der Waals surface area contributed by atoms with Crippen LogP contribution in [-0.4, -0.2) is 43.2 Å². The molecule has 1 fully saturated rings. The van der Waals surface area contributed by atoms with Crippen molar-refractivity contribution in [1.29, 1.82) is 0 Å². The van der Waals surface area contributed by atoms with Crippen molar-refractivity contribution in [1.82, 2.24) is 4.31 Å². The molecule has 35 heavy (non-hydrogen) atoms. The van der Waals surface area contributed by atoms with Crippen molar-refractivity contribution in [2.24, 2.45) is 0 Å². The van der Waals surface area contributed by atoms with Gasteiger partial charge in [0.25, 0.3) is 15.9 Å². The largest absolute Gasteiger partial charge is 0.462 e. The predicted octanol–water partition coefficient (Wildman–Crippen LogP) is 4.10. The van der Waals surface area contributed by atoms with Gasteiger partial charge in [-0.1, -0.05) is 35.9 Å². The molecule has 1 aliphatic heterocycles. The first kappa shape index (κ1) is 25.1. The zero-order valence-corrected chi connectivity index (χ0v) is 21.0. The van der Waals surface area contributed by atoms with Crippen LogP contribution in [0.3, 0.4) is 0 Å². The average Bonchev–Trinajstić information content (AvgIpc) is 3.48. The number of anilines is 1. The number of halogens is 1. The number of imide groups is 1. The van der Waals surface area contributed by atoms with Crippen LogP contribution in [0.5, 0.6) is 0 Å². The number of carbonyl (C=O) groups is 3. The van der Waals surface area contributed by atoms with Crippen molar-refractivity contribution in [2.45, 2.75) is 30.1 Å². The summed E-state index contributed by atoms with van der Waals surface area (Å²) in [6, 6.07) is 14.3. The smallest absolute Gasteiger partial charge is 0.338 e. The molecule has 0 bridgehead atoms. The van der Waals surface area contributed by atoms with E-state index < -0.39 is 33.8 Å². The van der Waals surface area contributed by atoms with E-state index in [1.807, 2.05) is 0 Å². The highest BCUT2D eigenvalue weighted by Gasteiger charge is 2.47. The molecule has 2 amide bonds. The lowest BCUT2D eigenvalue weighted by molar-refractivity contribution is -0.122. The van der Waals surface area contributed by atoms with E-state index in [2.05, 4.69) is 0 Å². The zero-order valence-electron chi connectivity index (χ0n) is 18.6. The number of hydrogen-bond donors (Lipinski definition) is 0. The van der Waals surface area contributed by atoms with Crippen LogP contribution in [-0.2, 0) is 30.9 Å². The predicted molar refractivity (Wildman–Crippen MR) is 132 cm³/mol. The van der Waals surface area contributed by atoms with Gasteiger partial charge in [-0.15, -0.1) is 11.3 Å². The van der Waals surface area contributed by atoms with Crippen LogP contribution in [0.25, 0.3) is 0 Å². The maximum Gasteiger partial charge on any atom is 0.338 e. The second kappa shape index (κ2) is 10.3. The number of esters is 1. The van der Waals surface area contributed by atoms with E-state index in [-0.39, 0.29) is 35.0 Å². The summed E-state index contributed by atoms with van der Waals surface area (Å²) in [7, 11) is -4.11. The summed E-state index contributed by atoms with van der Waals surface area (Å²) < 4.78 is 33.1. The molecule has 11 heteroatoms. The van der Waals surface area contributed by atoms with Crippen LogP contribution >= 0.6 is 22.9 Å². The topological polar surface area (TPSA) is 101 Å². The Kier molecular flexibility index (Phi) is 7.36. The Labute approximate surface area is 211 Å². The van der Waals surface area contributed by atoms with E-state index in [9.17, 15) is 22.8 Å². The summed E-state index contributed by atoms with van der Waals surface area (Å²) in [6.45, 7) is 1.72. The first-order valence-electron chi connectivity index (χ1n) is 10.7. The summed E-state index contributed by atoms with van der Waals surface area (Å²) in [5, 5.41) is 1.97. The van der Waals surface area contributed by atoms with Gasteiger partial charge in [0, 0.05) is 11.6 Å². The monoisotopic (exact) mass is 532 g/mol. The highest BCUT2D eigenvalue weighted by atomic mass is 35.5. The number of carbonyl (C=O) groups excluding carboxylic acids is 3. The third-order valence-electron chi connectivity index (χ3n) is 5.45. The molecule has 0 saturated carbocycles. The summed E-state index contributed by atoms with van der Waals surface area (Å²) in [4.78, 5) is 39.2. The maximum absolute atomic E-state index is 13.5. The molecule has 3 aromatic rings. The van der Waals surface area contributed by atoms with Crippen LogP contribution in [0, 0.1) is 0 Å². The van der Waals surface area contributed by atoms with Crippen LogP contribution in [0.15, 0.2) is 70.3 Å². The lowest BCUT2D eigenvalue weighted by Crippen LogP contribution is -2.44. The van der Waals surface area contributed by atoms with Crippen molar-refractivity contribution < 1.29 is 27.5 Å². The van der Waals surface area contributed by atoms with Gasteiger partial charge in [0.2, 0.25) is 5.91 Å². The number of hydrogen-bond acceptors (Lipinski definition) is 7. The summed E-state index contributed by atoms with van der Waals surface area (Å²) in [5.41, 5.74) is 1.01. The number of nitrogens with zero attached hydrogens (tertiary/aromatic N) is 2. The van der Waals surface area contributed by atoms with Crippen molar-refractivity contribution in [3.05, 3.63) is 82.2 Å². The van der Waals surface area contributed by atoms with Crippen molar-refractivity contribution in [3.63, 3.8) is 0 Å². The second-order valence-electron chi connectivity index (χ2n) is 7.63. The van der Waals surface area contributed by atoms with E-state index in [0.29, 0.717) is 10.6 Å². The van der Waals surface area contributed by atoms with Gasteiger partial charge in [0.05, 0.1) is 24.3 Å². The fourth-order valence-corrected chi connectivity index (χ4v) is 6.63. The minimum absolute atomic E-state index is 0.0574. The number of rotatable bonds is 8. The standard InChI is InChI=1S/C24H21ClN2O6S2/c1-2-33-24(30)16-9-11-18(12-10-16)27-21(28)14-20(23(27)29)26(15-17-6-3-4-7-19(17)25)35(31,32)22-8-5-13-34-22/h3-13,20H,2,14-15H2,1H3. The van der Waals surface area contributed by atoms with Crippen LogP contribution in [0.4, 0.5) is 5.69 Å². The number of amides is 2. The Balaban J connectivity index is 1.68. The van der Waals surface area contributed by atoms with Crippen LogP contribution in [0.1, 0.15) is 29.3 Å². The molecule has 8 nitrogen and oxygen atoms in total. The Hall–Kier alpha value is -3.05. The quantitative estimate of drug-likeness (QED) is 0.320. The zero-order chi connectivity index (χ0) is 25.2. The van der Waals surface area contributed by atoms with E-state index in [0.717, 1.165) is 20.5 Å². The minimum Gasteiger partial charge on any atom is -0.462 e. The summed E-state index contributed by atoms with van der Waals surface area (Å²) in [5.74, 6) is -1.75. The van der Waals surface area contributed by atoms with Gasteiger partial charge < -0.3 is 4.74 Å². The Bertz CT molecular complexity index is 1360. The van der Waals surface area contributed by atoms with Crippen molar-refractivity contribution in [2.75, 3.05) is 11.5 Å². The second-order valence-corrected chi connectivity index (χ2v) is 11.1. The molecule has 0 aliphatic carbocycles. The summed E-state index contributed by atoms with van der Waals surface area (Å²) >= 11 is 7.31. The van der Waals surface area contributed by atoms with Gasteiger partial charge in [-0.05, 0) is 54.3 Å². The Morgan fingerprint density at radius 1 is 1.11 bits per heavy atom. The number of thiophene rings is 1. The molecule has 2 heterocycles. The normalized spacial score (nSPS) is 16.2. The molecular weight excluding hydrogens is 512 g/mol. The van der Waals surface area contributed by atoms with Gasteiger partial charge in [0.1, 0.15) is 10.3 Å². The van der Waals surface area contributed by atoms with Crippen molar-refractivity contribution in [3.8, 4) is 0 Å². The molecule has 1 aliphatic rings. The lowest BCUT2D eigenvalue weighted by Gasteiger charge is -2.26. The molecule has 0 N–H and O–H groups in total. The van der Waals surface area contributed by atoms with Gasteiger partial charge in [0.15, 0.2) is 0 Å². The molecular formula is C24H21ClN2O6S2. The first-order valence-corrected chi connectivity index (χ1v) is 13.4. The Morgan fingerprint density at radius 2 is 1.83 bits per heavy atom. The van der Waals surface area contributed by atoms with Gasteiger partial charge >= 0.3 is 5.97 Å².